The van der Waals surface area contributed by atoms with Crippen molar-refractivity contribution >= 4 is 5.91 Å². The maximum absolute atomic E-state index is 12.7. The molecule has 92 valence electrons. The predicted octanol–water partition coefficient (Wildman–Crippen LogP) is 1.24. The molecular weight excluding hydrogens is 219 g/mol. The molecule has 0 saturated carbocycles. The first-order valence-corrected chi connectivity index (χ1v) is 6.01. The quantitative estimate of drug-likeness (QED) is 0.825. The third kappa shape index (κ3) is 3.53. The van der Waals surface area contributed by atoms with Crippen molar-refractivity contribution in [3.05, 3.63) is 35.6 Å². The summed E-state index contributed by atoms with van der Waals surface area (Å²) in [6, 6.07) is 6.35. The van der Waals surface area contributed by atoms with Gasteiger partial charge < -0.3 is 10.6 Å². The van der Waals surface area contributed by atoms with Gasteiger partial charge in [0.15, 0.2) is 0 Å². The number of halogens is 1. The van der Waals surface area contributed by atoms with E-state index >= 15 is 0 Å². The summed E-state index contributed by atoms with van der Waals surface area (Å²) < 4.78 is 12.7. The smallest absolute Gasteiger partial charge is 0.237 e. The van der Waals surface area contributed by atoms with Crippen LogP contribution in [-0.2, 0) is 11.2 Å². The van der Waals surface area contributed by atoms with E-state index in [-0.39, 0.29) is 17.8 Å². The van der Waals surface area contributed by atoms with E-state index in [1.165, 1.54) is 12.1 Å². The van der Waals surface area contributed by atoms with Crippen molar-refractivity contribution in [2.45, 2.75) is 25.3 Å². The van der Waals surface area contributed by atoms with Crippen LogP contribution < -0.4 is 10.6 Å². The highest BCUT2D eigenvalue weighted by molar-refractivity contribution is 5.81. The number of carbonyl (C=O) groups is 1. The van der Waals surface area contributed by atoms with Crippen LogP contribution in [0.25, 0.3) is 0 Å². The van der Waals surface area contributed by atoms with Gasteiger partial charge in [-0.05, 0) is 43.5 Å². The fourth-order valence-corrected chi connectivity index (χ4v) is 2.01. The van der Waals surface area contributed by atoms with Gasteiger partial charge in [-0.2, -0.15) is 0 Å². The van der Waals surface area contributed by atoms with Crippen LogP contribution in [0.4, 0.5) is 4.39 Å². The van der Waals surface area contributed by atoms with Gasteiger partial charge in [-0.1, -0.05) is 12.1 Å². The summed E-state index contributed by atoms with van der Waals surface area (Å²) in [5, 5.41) is 6.04. The molecule has 1 aliphatic rings. The minimum atomic E-state index is -0.229. The number of rotatable bonds is 4. The van der Waals surface area contributed by atoms with Crippen molar-refractivity contribution in [3.63, 3.8) is 0 Å². The molecule has 0 aliphatic carbocycles. The second-order valence-electron chi connectivity index (χ2n) is 4.32. The maximum Gasteiger partial charge on any atom is 0.237 e. The van der Waals surface area contributed by atoms with E-state index in [2.05, 4.69) is 10.6 Å². The van der Waals surface area contributed by atoms with Crippen LogP contribution in [-0.4, -0.2) is 25.0 Å². The lowest BCUT2D eigenvalue weighted by molar-refractivity contribution is -0.122. The van der Waals surface area contributed by atoms with Crippen LogP contribution in [0.1, 0.15) is 18.4 Å². The topological polar surface area (TPSA) is 41.1 Å². The summed E-state index contributed by atoms with van der Waals surface area (Å²) in [7, 11) is 0. The molecule has 1 fully saturated rings. The van der Waals surface area contributed by atoms with E-state index in [1.54, 1.807) is 12.1 Å². The Balaban J connectivity index is 1.72. The standard InChI is InChI=1S/C13H17FN2O/c14-11-5-3-10(4-6-11)7-9-16-13(17)12-2-1-8-15-12/h3-6,12,15H,1-2,7-9H2,(H,16,17)/t12-/m1/s1. The third-order valence-electron chi connectivity index (χ3n) is 3.00. The molecule has 1 amide bonds. The second-order valence-corrected chi connectivity index (χ2v) is 4.32. The summed E-state index contributed by atoms with van der Waals surface area (Å²) in [6.45, 7) is 1.53. The molecule has 0 aromatic heterocycles. The highest BCUT2D eigenvalue weighted by atomic mass is 19.1. The highest BCUT2D eigenvalue weighted by Gasteiger charge is 2.20. The van der Waals surface area contributed by atoms with Crippen LogP contribution in [0, 0.1) is 5.82 Å². The number of hydrogen-bond donors (Lipinski definition) is 2. The lowest BCUT2D eigenvalue weighted by atomic mass is 10.1. The van der Waals surface area contributed by atoms with Crippen LogP contribution in [0.2, 0.25) is 0 Å². The van der Waals surface area contributed by atoms with E-state index < -0.39 is 0 Å². The van der Waals surface area contributed by atoms with Gasteiger partial charge in [0.2, 0.25) is 5.91 Å². The first kappa shape index (κ1) is 12.0. The molecule has 2 rings (SSSR count). The number of benzene rings is 1. The Morgan fingerprint density at radius 2 is 2.18 bits per heavy atom. The van der Waals surface area contributed by atoms with Crippen molar-refractivity contribution in [2.75, 3.05) is 13.1 Å². The predicted molar refractivity (Wildman–Crippen MR) is 64.1 cm³/mol. The summed E-state index contributed by atoms with van der Waals surface area (Å²) in [6.07, 6.45) is 2.72. The number of amides is 1. The normalized spacial score (nSPS) is 19.2. The van der Waals surface area contributed by atoms with Crippen molar-refractivity contribution < 1.29 is 9.18 Å². The fourth-order valence-electron chi connectivity index (χ4n) is 2.01. The van der Waals surface area contributed by atoms with E-state index in [4.69, 9.17) is 0 Å². The van der Waals surface area contributed by atoms with Gasteiger partial charge in [0, 0.05) is 6.54 Å². The number of hydrogen-bond acceptors (Lipinski definition) is 2. The molecule has 1 heterocycles. The maximum atomic E-state index is 12.7. The molecule has 1 saturated heterocycles. The molecule has 4 heteroatoms. The Kier molecular flexibility index (Phi) is 4.09. The molecule has 17 heavy (non-hydrogen) atoms. The molecule has 2 N–H and O–H groups in total. The minimum Gasteiger partial charge on any atom is -0.354 e. The van der Waals surface area contributed by atoms with E-state index in [0.717, 1.165) is 31.4 Å². The highest BCUT2D eigenvalue weighted by Crippen LogP contribution is 2.05. The van der Waals surface area contributed by atoms with Crippen molar-refractivity contribution in [2.24, 2.45) is 0 Å². The fraction of sp³-hybridized carbons (Fsp3) is 0.462. The summed E-state index contributed by atoms with van der Waals surface area (Å²) >= 11 is 0. The average Bonchev–Trinajstić information content (AvgIpc) is 2.85. The second kappa shape index (κ2) is 5.77. The summed E-state index contributed by atoms with van der Waals surface area (Å²) in [5.74, 6) is -0.155. The van der Waals surface area contributed by atoms with Crippen molar-refractivity contribution in [3.8, 4) is 0 Å². The lowest BCUT2D eigenvalue weighted by Crippen LogP contribution is -2.41. The Bertz CT molecular complexity index is 372. The van der Waals surface area contributed by atoms with Gasteiger partial charge in [0.25, 0.3) is 0 Å². The molecule has 1 aromatic rings. The van der Waals surface area contributed by atoms with Crippen molar-refractivity contribution in [1.29, 1.82) is 0 Å². The molecule has 1 atom stereocenters. The van der Waals surface area contributed by atoms with Gasteiger partial charge in [-0.3, -0.25) is 4.79 Å². The first-order chi connectivity index (χ1) is 8.25. The van der Waals surface area contributed by atoms with Crippen LogP contribution in [0.15, 0.2) is 24.3 Å². The van der Waals surface area contributed by atoms with Gasteiger partial charge in [-0.25, -0.2) is 4.39 Å². The Labute approximate surface area is 100 Å². The van der Waals surface area contributed by atoms with Gasteiger partial charge >= 0.3 is 0 Å². The molecule has 3 nitrogen and oxygen atoms in total. The Morgan fingerprint density at radius 1 is 1.41 bits per heavy atom. The zero-order valence-corrected chi connectivity index (χ0v) is 9.71. The van der Waals surface area contributed by atoms with Crippen LogP contribution >= 0.6 is 0 Å². The average molecular weight is 236 g/mol. The largest absolute Gasteiger partial charge is 0.354 e. The number of nitrogens with one attached hydrogen (secondary N) is 2. The van der Waals surface area contributed by atoms with Crippen LogP contribution in [0.5, 0.6) is 0 Å². The molecule has 0 radical (unpaired) electrons. The lowest BCUT2D eigenvalue weighted by Gasteiger charge is -2.10. The summed E-state index contributed by atoms with van der Waals surface area (Å²) in [5.41, 5.74) is 1.03. The Morgan fingerprint density at radius 3 is 2.82 bits per heavy atom. The molecule has 0 bridgehead atoms. The SMILES string of the molecule is O=C(NCCc1ccc(F)cc1)[C@H]1CCCN1. The zero-order chi connectivity index (χ0) is 12.1. The van der Waals surface area contributed by atoms with E-state index in [9.17, 15) is 9.18 Å². The van der Waals surface area contributed by atoms with Gasteiger partial charge in [0.1, 0.15) is 5.82 Å². The molecule has 1 aromatic carbocycles. The molecule has 0 unspecified atom stereocenters. The Hall–Kier alpha value is -1.42. The zero-order valence-electron chi connectivity index (χ0n) is 9.71. The van der Waals surface area contributed by atoms with Crippen LogP contribution in [0.3, 0.4) is 0 Å². The van der Waals surface area contributed by atoms with Gasteiger partial charge in [0.05, 0.1) is 6.04 Å². The first-order valence-electron chi connectivity index (χ1n) is 6.01. The minimum absolute atomic E-state index is 0.0248. The van der Waals surface area contributed by atoms with Gasteiger partial charge in [-0.15, -0.1) is 0 Å². The number of carbonyl (C=O) groups excluding carboxylic acids is 1. The monoisotopic (exact) mass is 236 g/mol. The van der Waals surface area contributed by atoms with E-state index in [1.807, 2.05) is 0 Å². The summed E-state index contributed by atoms with van der Waals surface area (Å²) in [4.78, 5) is 11.7. The third-order valence-corrected chi connectivity index (χ3v) is 3.00. The van der Waals surface area contributed by atoms with E-state index in [0.29, 0.717) is 6.54 Å². The molecule has 0 spiro atoms. The van der Waals surface area contributed by atoms with Crippen molar-refractivity contribution in [1.82, 2.24) is 10.6 Å². The molecule has 1 aliphatic heterocycles. The molecular formula is C13H17FN2O.